The summed E-state index contributed by atoms with van der Waals surface area (Å²) in [5.41, 5.74) is 7.91. The lowest BCUT2D eigenvalue weighted by Gasteiger charge is -2.21. The number of likely N-dealkylation sites (N-methyl/N-ethyl adjacent to an activating group) is 1. The number of hydrogen-bond acceptors (Lipinski definition) is 3. The molecule has 2 rings (SSSR count). The Hall–Kier alpha value is -1.55. The molecule has 0 aromatic heterocycles. The van der Waals surface area contributed by atoms with Gasteiger partial charge in [0.05, 0.1) is 0 Å². The first-order valence-electron chi connectivity index (χ1n) is 6.49. The van der Waals surface area contributed by atoms with Gasteiger partial charge in [0, 0.05) is 38.8 Å². The van der Waals surface area contributed by atoms with Crippen molar-refractivity contribution in [2.45, 2.75) is 19.4 Å². The van der Waals surface area contributed by atoms with Gasteiger partial charge in [-0.1, -0.05) is 18.2 Å². The Kier molecular flexibility index (Phi) is 4.20. The Labute approximate surface area is 108 Å². The van der Waals surface area contributed by atoms with Crippen molar-refractivity contribution in [3.63, 3.8) is 0 Å². The molecule has 2 N–H and O–H groups in total. The number of benzene rings is 1. The van der Waals surface area contributed by atoms with Crippen LogP contribution in [0.25, 0.3) is 0 Å². The van der Waals surface area contributed by atoms with Crippen LogP contribution in [0.1, 0.15) is 18.4 Å². The molecule has 0 radical (unpaired) electrons. The molecule has 18 heavy (non-hydrogen) atoms. The average molecular weight is 247 g/mol. The number of amides is 1. The van der Waals surface area contributed by atoms with Gasteiger partial charge in [-0.15, -0.1) is 0 Å². The molecular weight excluding hydrogens is 226 g/mol. The molecule has 0 spiro atoms. The quantitative estimate of drug-likeness (QED) is 0.873. The highest BCUT2D eigenvalue weighted by molar-refractivity contribution is 5.76. The summed E-state index contributed by atoms with van der Waals surface area (Å²) in [5.74, 6) is 0.213. The second-order valence-corrected chi connectivity index (χ2v) is 4.76. The van der Waals surface area contributed by atoms with Crippen LogP contribution in [0.4, 0.5) is 5.69 Å². The normalized spacial score (nSPS) is 15.2. The van der Waals surface area contributed by atoms with Gasteiger partial charge in [-0.3, -0.25) is 4.79 Å². The predicted molar refractivity (Wildman–Crippen MR) is 73.4 cm³/mol. The van der Waals surface area contributed by atoms with Crippen molar-refractivity contribution < 1.29 is 4.79 Å². The van der Waals surface area contributed by atoms with Crippen LogP contribution in [-0.2, 0) is 11.3 Å². The number of nitrogens with zero attached hydrogens (tertiary/aromatic N) is 2. The molecule has 0 saturated heterocycles. The van der Waals surface area contributed by atoms with E-state index in [0.717, 1.165) is 19.5 Å². The molecular formula is C14H21N3O. The molecule has 0 aliphatic carbocycles. The number of fused-ring (bicyclic) bond motifs is 1. The fraction of sp³-hybridized carbons (Fsp3) is 0.500. The van der Waals surface area contributed by atoms with Crippen LogP contribution in [0.3, 0.4) is 0 Å². The number of anilines is 1. The molecule has 0 bridgehead atoms. The van der Waals surface area contributed by atoms with E-state index >= 15 is 0 Å². The lowest BCUT2D eigenvalue weighted by atomic mass is 10.1. The van der Waals surface area contributed by atoms with E-state index in [2.05, 4.69) is 24.1 Å². The first kappa shape index (κ1) is 12.9. The lowest BCUT2D eigenvalue weighted by Crippen LogP contribution is -2.34. The number of rotatable bonds is 3. The maximum absolute atomic E-state index is 12.1. The van der Waals surface area contributed by atoms with E-state index in [9.17, 15) is 4.79 Å². The highest BCUT2D eigenvalue weighted by Crippen LogP contribution is 2.23. The van der Waals surface area contributed by atoms with Crippen molar-refractivity contribution in [3.05, 3.63) is 29.8 Å². The lowest BCUT2D eigenvalue weighted by molar-refractivity contribution is -0.131. The third kappa shape index (κ3) is 2.82. The highest BCUT2D eigenvalue weighted by atomic mass is 16.2. The van der Waals surface area contributed by atoms with Crippen LogP contribution in [0, 0.1) is 0 Å². The number of carbonyl (C=O) groups is 1. The predicted octanol–water partition coefficient (Wildman–Crippen LogP) is 1.20. The van der Waals surface area contributed by atoms with Crippen LogP contribution in [0.2, 0.25) is 0 Å². The van der Waals surface area contributed by atoms with Crippen molar-refractivity contribution in [1.82, 2.24) is 4.90 Å². The van der Waals surface area contributed by atoms with E-state index in [1.54, 1.807) is 0 Å². The first-order valence-corrected chi connectivity index (χ1v) is 6.49. The Morgan fingerprint density at radius 1 is 1.33 bits per heavy atom. The van der Waals surface area contributed by atoms with E-state index in [1.807, 2.05) is 17.0 Å². The molecule has 1 aliphatic rings. The van der Waals surface area contributed by atoms with Gasteiger partial charge >= 0.3 is 0 Å². The number of carbonyl (C=O) groups excluding carboxylic acids is 1. The van der Waals surface area contributed by atoms with Gasteiger partial charge in [0.2, 0.25) is 5.91 Å². The van der Waals surface area contributed by atoms with Crippen LogP contribution in [-0.4, -0.2) is 37.5 Å². The Bertz CT molecular complexity index is 419. The fourth-order valence-corrected chi connectivity index (χ4v) is 2.32. The van der Waals surface area contributed by atoms with E-state index in [4.69, 9.17) is 5.73 Å². The second-order valence-electron chi connectivity index (χ2n) is 4.76. The van der Waals surface area contributed by atoms with Crippen molar-refractivity contribution >= 4 is 11.6 Å². The van der Waals surface area contributed by atoms with Crippen LogP contribution >= 0.6 is 0 Å². The summed E-state index contributed by atoms with van der Waals surface area (Å²) in [6.45, 7) is 2.96. The molecule has 1 amide bonds. The van der Waals surface area contributed by atoms with E-state index in [0.29, 0.717) is 19.5 Å². The molecule has 0 unspecified atom stereocenters. The monoisotopic (exact) mass is 247 g/mol. The third-order valence-corrected chi connectivity index (χ3v) is 3.42. The Morgan fingerprint density at radius 2 is 2.11 bits per heavy atom. The minimum absolute atomic E-state index is 0.213. The van der Waals surface area contributed by atoms with Gasteiger partial charge in [0.1, 0.15) is 0 Å². The third-order valence-electron chi connectivity index (χ3n) is 3.42. The number of hydrogen-bond donors (Lipinski definition) is 1. The molecule has 98 valence electrons. The molecule has 1 heterocycles. The highest BCUT2D eigenvalue weighted by Gasteiger charge is 2.20. The van der Waals surface area contributed by atoms with Gasteiger partial charge < -0.3 is 15.5 Å². The summed E-state index contributed by atoms with van der Waals surface area (Å²) in [4.78, 5) is 16.2. The molecule has 1 aliphatic heterocycles. The Balaban J connectivity index is 2.12. The Morgan fingerprint density at radius 3 is 2.89 bits per heavy atom. The van der Waals surface area contributed by atoms with Gasteiger partial charge in [-0.2, -0.15) is 0 Å². The average Bonchev–Trinajstić information content (AvgIpc) is 2.56. The summed E-state index contributed by atoms with van der Waals surface area (Å²) < 4.78 is 0. The number of nitrogens with two attached hydrogens (primary N) is 1. The zero-order valence-corrected chi connectivity index (χ0v) is 10.9. The molecule has 0 fully saturated rings. The molecule has 0 saturated carbocycles. The largest absolute Gasteiger partial charge is 0.373 e. The summed E-state index contributed by atoms with van der Waals surface area (Å²) in [5, 5.41) is 0. The van der Waals surface area contributed by atoms with Gasteiger partial charge in [0.15, 0.2) is 0 Å². The molecule has 1 aromatic carbocycles. The van der Waals surface area contributed by atoms with Crippen molar-refractivity contribution in [1.29, 1.82) is 0 Å². The second kappa shape index (κ2) is 5.87. The minimum Gasteiger partial charge on any atom is -0.373 e. The van der Waals surface area contributed by atoms with Crippen LogP contribution in [0.15, 0.2) is 24.3 Å². The number of para-hydroxylation sites is 1. The van der Waals surface area contributed by atoms with Crippen molar-refractivity contribution in [2.24, 2.45) is 5.73 Å². The first-order chi connectivity index (χ1) is 8.72. The summed E-state index contributed by atoms with van der Waals surface area (Å²) in [6, 6.07) is 8.28. The minimum atomic E-state index is 0.213. The van der Waals surface area contributed by atoms with Crippen molar-refractivity contribution in [2.75, 3.05) is 31.6 Å². The maximum Gasteiger partial charge on any atom is 0.222 e. The molecule has 0 atom stereocenters. The fourth-order valence-electron chi connectivity index (χ4n) is 2.32. The molecule has 1 aromatic rings. The summed E-state index contributed by atoms with van der Waals surface area (Å²) in [6.07, 6.45) is 1.33. The van der Waals surface area contributed by atoms with Crippen LogP contribution in [0.5, 0.6) is 0 Å². The summed E-state index contributed by atoms with van der Waals surface area (Å²) >= 11 is 0. The maximum atomic E-state index is 12.1. The van der Waals surface area contributed by atoms with Gasteiger partial charge in [0.25, 0.3) is 0 Å². The van der Waals surface area contributed by atoms with E-state index < -0.39 is 0 Å². The standard InChI is InChI=1S/C14H21N3O/c1-16-9-10-17(14(18)7-4-8-15)11-12-5-2-3-6-13(12)16/h2-3,5-6H,4,7-11,15H2,1H3. The van der Waals surface area contributed by atoms with Crippen LogP contribution < -0.4 is 10.6 Å². The topological polar surface area (TPSA) is 49.6 Å². The molecule has 4 heteroatoms. The van der Waals surface area contributed by atoms with Gasteiger partial charge in [-0.25, -0.2) is 0 Å². The zero-order chi connectivity index (χ0) is 13.0. The SMILES string of the molecule is CN1CCN(C(=O)CCCN)Cc2ccccc21. The van der Waals surface area contributed by atoms with E-state index in [1.165, 1.54) is 11.3 Å². The van der Waals surface area contributed by atoms with E-state index in [-0.39, 0.29) is 5.91 Å². The summed E-state index contributed by atoms with van der Waals surface area (Å²) in [7, 11) is 2.08. The van der Waals surface area contributed by atoms with Crippen molar-refractivity contribution in [3.8, 4) is 0 Å². The zero-order valence-electron chi connectivity index (χ0n) is 10.9. The smallest absolute Gasteiger partial charge is 0.222 e. The van der Waals surface area contributed by atoms with Gasteiger partial charge in [-0.05, 0) is 24.6 Å². The molecule has 4 nitrogen and oxygen atoms in total.